The fourth-order valence-corrected chi connectivity index (χ4v) is 2.97. The molecule has 1 aliphatic heterocycles. The molecule has 106 valence electrons. The average Bonchev–Trinajstić information content (AvgIpc) is 2.92. The van der Waals surface area contributed by atoms with Crippen LogP contribution in [0.15, 0.2) is 4.42 Å². The number of hydrogen-bond donors (Lipinski definition) is 1. The third kappa shape index (κ3) is 2.84. The lowest BCUT2D eigenvalue weighted by Gasteiger charge is -2.22. The first kappa shape index (κ1) is 14.1. The van der Waals surface area contributed by atoms with Gasteiger partial charge in [0.1, 0.15) is 11.5 Å². The molecule has 0 spiro atoms. The number of carbonyl (C=O) groups excluding carboxylic acids is 1. The Bertz CT molecular complexity index is 465. The summed E-state index contributed by atoms with van der Waals surface area (Å²) in [6.07, 6.45) is 2.41. The molecular formula is C15H24N2O2. The zero-order valence-corrected chi connectivity index (χ0v) is 12.4. The van der Waals surface area contributed by atoms with E-state index in [9.17, 15) is 4.79 Å². The van der Waals surface area contributed by atoms with Crippen molar-refractivity contribution in [2.24, 2.45) is 0 Å². The smallest absolute Gasteiger partial charge is 0.255 e. The first-order valence-electron chi connectivity index (χ1n) is 7.13. The van der Waals surface area contributed by atoms with Gasteiger partial charge >= 0.3 is 0 Å². The Kier molecular flexibility index (Phi) is 4.30. The van der Waals surface area contributed by atoms with Crippen LogP contribution in [-0.2, 0) is 0 Å². The van der Waals surface area contributed by atoms with Crippen molar-refractivity contribution in [3.05, 3.63) is 22.6 Å². The van der Waals surface area contributed by atoms with Crippen LogP contribution in [0.3, 0.4) is 0 Å². The minimum absolute atomic E-state index is 0.00481. The Labute approximate surface area is 115 Å². The summed E-state index contributed by atoms with van der Waals surface area (Å²) in [7, 11) is 0. The molecule has 0 bridgehead atoms. The number of amides is 1. The number of nitrogens with one attached hydrogen (secondary N) is 1. The van der Waals surface area contributed by atoms with Crippen LogP contribution in [0.2, 0.25) is 0 Å². The molecular weight excluding hydrogens is 240 g/mol. The van der Waals surface area contributed by atoms with E-state index in [0.29, 0.717) is 17.4 Å². The first-order chi connectivity index (χ1) is 9.04. The monoisotopic (exact) mass is 264 g/mol. The third-order valence-corrected chi connectivity index (χ3v) is 4.19. The van der Waals surface area contributed by atoms with E-state index in [4.69, 9.17) is 4.42 Å². The highest BCUT2D eigenvalue weighted by Gasteiger charge is 2.24. The van der Waals surface area contributed by atoms with Gasteiger partial charge < -0.3 is 9.73 Å². The highest BCUT2D eigenvalue weighted by molar-refractivity contribution is 5.96. The van der Waals surface area contributed by atoms with Crippen molar-refractivity contribution in [2.75, 3.05) is 19.6 Å². The summed E-state index contributed by atoms with van der Waals surface area (Å²) < 4.78 is 5.51. The van der Waals surface area contributed by atoms with Gasteiger partial charge in [-0.15, -0.1) is 0 Å². The maximum Gasteiger partial charge on any atom is 0.255 e. The Morgan fingerprint density at radius 3 is 2.68 bits per heavy atom. The van der Waals surface area contributed by atoms with Gasteiger partial charge in [0.2, 0.25) is 0 Å². The maximum absolute atomic E-state index is 12.3. The third-order valence-electron chi connectivity index (χ3n) is 4.19. The number of nitrogens with zero attached hydrogens (tertiary/aromatic N) is 1. The summed E-state index contributed by atoms with van der Waals surface area (Å²) in [5.41, 5.74) is 1.66. The van der Waals surface area contributed by atoms with Gasteiger partial charge in [-0.2, -0.15) is 0 Å². The van der Waals surface area contributed by atoms with Crippen LogP contribution in [0.1, 0.15) is 47.2 Å². The van der Waals surface area contributed by atoms with Crippen molar-refractivity contribution >= 4 is 5.91 Å². The van der Waals surface area contributed by atoms with Crippen LogP contribution < -0.4 is 5.32 Å². The molecule has 4 heteroatoms. The van der Waals surface area contributed by atoms with Crippen molar-refractivity contribution in [3.63, 3.8) is 0 Å². The fourth-order valence-electron chi connectivity index (χ4n) is 2.97. The van der Waals surface area contributed by atoms with E-state index in [1.165, 1.54) is 12.8 Å². The van der Waals surface area contributed by atoms with Crippen LogP contribution >= 0.6 is 0 Å². The van der Waals surface area contributed by atoms with Crippen molar-refractivity contribution in [1.29, 1.82) is 0 Å². The van der Waals surface area contributed by atoms with Crippen LogP contribution in [0.5, 0.6) is 0 Å². The zero-order valence-electron chi connectivity index (χ0n) is 12.4. The van der Waals surface area contributed by atoms with E-state index in [1.807, 2.05) is 20.8 Å². The van der Waals surface area contributed by atoms with Crippen LogP contribution in [0.4, 0.5) is 0 Å². The van der Waals surface area contributed by atoms with Gasteiger partial charge in [-0.05, 0) is 46.7 Å². The summed E-state index contributed by atoms with van der Waals surface area (Å²) in [6, 6.07) is 0.488. The van der Waals surface area contributed by atoms with Crippen LogP contribution in [0.25, 0.3) is 0 Å². The van der Waals surface area contributed by atoms with E-state index < -0.39 is 0 Å². The number of furan rings is 1. The van der Waals surface area contributed by atoms with E-state index in [-0.39, 0.29) is 5.91 Å². The van der Waals surface area contributed by atoms with E-state index in [0.717, 1.165) is 31.0 Å². The standard InChI is InChI=1S/C15H24N2O2/c1-5-17-8-6-7-13(17)9-16-15(18)14-10(2)11(3)19-12(14)4/h13H,5-9H2,1-4H3,(H,16,18). The van der Waals surface area contributed by atoms with Crippen molar-refractivity contribution in [3.8, 4) is 0 Å². The minimum atomic E-state index is -0.00481. The van der Waals surface area contributed by atoms with E-state index in [1.54, 1.807) is 0 Å². The summed E-state index contributed by atoms with van der Waals surface area (Å²) >= 11 is 0. The molecule has 1 aromatic heterocycles. The van der Waals surface area contributed by atoms with Gasteiger partial charge in [0.25, 0.3) is 5.91 Å². The summed E-state index contributed by atoms with van der Waals surface area (Å²) in [5, 5.41) is 3.06. The Balaban J connectivity index is 1.98. The van der Waals surface area contributed by atoms with Crippen molar-refractivity contribution in [1.82, 2.24) is 10.2 Å². The Morgan fingerprint density at radius 2 is 2.11 bits per heavy atom. The van der Waals surface area contributed by atoms with Gasteiger partial charge in [0.15, 0.2) is 0 Å². The molecule has 1 fully saturated rings. The molecule has 1 aliphatic rings. The molecule has 2 heterocycles. The molecule has 1 N–H and O–H groups in total. The molecule has 0 radical (unpaired) electrons. The molecule has 1 amide bonds. The highest BCUT2D eigenvalue weighted by Crippen LogP contribution is 2.21. The van der Waals surface area contributed by atoms with Gasteiger partial charge in [0.05, 0.1) is 5.56 Å². The van der Waals surface area contributed by atoms with Gasteiger partial charge in [-0.25, -0.2) is 0 Å². The van der Waals surface area contributed by atoms with Gasteiger partial charge in [0, 0.05) is 18.2 Å². The number of likely N-dealkylation sites (N-methyl/N-ethyl adjacent to an activating group) is 1. The van der Waals surface area contributed by atoms with Crippen molar-refractivity contribution < 1.29 is 9.21 Å². The molecule has 0 aromatic carbocycles. The maximum atomic E-state index is 12.3. The molecule has 2 rings (SSSR count). The predicted octanol–water partition coefficient (Wildman–Crippen LogP) is 2.42. The second-order valence-corrected chi connectivity index (χ2v) is 5.35. The normalized spacial score (nSPS) is 19.9. The highest BCUT2D eigenvalue weighted by atomic mass is 16.3. The second kappa shape index (κ2) is 5.78. The van der Waals surface area contributed by atoms with Gasteiger partial charge in [-0.1, -0.05) is 6.92 Å². The molecule has 4 nitrogen and oxygen atoms in total. The number of aryl methyl sites for hydroxylation is 2. The largest absolute Gasteiger partial charge is 0.466 e. The molecule has 1 unspecified atom stereocenters. The summed E-state index contributed by atoms with van der Waals surface area (Å²) in [4.78, 5) is 14.7. The SMILES string of the molecule is CCN1CCCC1CNC(=O)c1c(C)oc(C)c1C. The number of carbonyl (C=O) groups is 1. The lowest BCUT2D eigenvalue weighted by molar-refractivity contribution is 0.0939. The lowest BCUT2D eigenvalue weighted by atomic mass is 10.1. The van der Waals surface area contributed by atoms with Gasteiger partial charge in [-0.3, -0.25) is 9.69 Å². The van der Waals surface area contributed by atoms with E-state index >= 15 is 0 Å². The second-order valence-electron chi connectivity index (χ2n) is 5.35. The quantitative estimate of drug-likeness (QED) is 0.908. The summed E-state index contributed by atoms with van der Waals surface area (Å²) in [5.74, 6) is 1.54. The molecule has 1 atom stereocenters. The zero-order chi connectivity index (χ0) is 14.0. The molecule has 1 saturated heterocycles. The minimum Gasteiger partial charge on any atom is -0.466 e. The van der Waals surface area contributed by atoms with Crippen LogP contribution in [0, 0.1) is 20.8 Å². The molecule has 19 heavy (non-hydrogen) atoms. The Hall–Kier alpha value is -1.29. The Morgan fingerprint density at radius 1 is 1.37 bits per heavy atom. The fraction of sp³-hybridized carbons (Fsp3) is 0.667. The molecule has 0 saturated carbocycles. The summed E-state index contributed by atoms with van der Waals surface area (Å²) in [6.45, 7) is 10.8. The first-order valence-corrected chi connectivity index (χ1v) is 7.13. The van der Waals surface area contributed by atoms with E-state index in [2.05, 4.69) is 17.1 Å². The lowest BCUT2D eigenvalue weighted by Crippen LogP contribution is -2.40. The van der Waals surface area contributed by atoms with Crippen molar-refractivity contribution in [2.45, 2.75) is 46.6 Å². The number of rotatable bonds is 4. The molecule has 1 aromatic rings. The average molecular weight is 264 g/mol. The number of hydrogen-bond acceptors (Lipinski definition) is 3. The topological polar surface area (TPSA) is 45.5 Å². The molecule has 0 aliphatic carbocycles. The predicted molar refractivity (Wildman–Crippen MR) is 75.5 cm³/mol. The number of likely N-dealkylation sites (tertiary alicyclic amines) is 1. The van der Waals surface area contributed by atoms with Crippen LogP contribution in [-0.4, -0.2) is 36.5 Å².